The minimum absolute atomic E-state index is 0.0355. The van der Waals surface area contributed by atoms with Gasteiger partial charge in [0.1, 0.15) is 17.7 Å². The lowest BCUT2D eigenvalue weighted by Crippen LogP contribution is -2.38. The standard InChI is InChI=1S/C29H24F3N5O6S/c1-14-5-17(24-20(6-14)35-23(41-2)10-34-24)27-36-21-8-19(30)25-18(26(21)44-27)7-16(43-25)11-37(28(39)40)15-3-4-22(33-9-15)42-13-29(31,32)12-38/h3-6,8-10,16,38H,7,11-13H2,1-2H3,(H,39,40)/t16-/m1/s1. The third-order valence-electron chi connectivity index (χ3n) is 6.92. The number of benzene rings is 2. The van der Waals surface area contributed by atoms with E-state index in [9.17, 15) is 18.7 Å². The smallest absolute Gasteiger partial charge is 0.411 e. The Hall–Kier alpha value is -4.76. The highest BCUT2D eigenvalue weighted by atomic mass is 32.1. The van der Waals surface area contributed by atoms with E-state index in [-0.39, 0.29) is 30.3 Å². The number of aliphatic hydroxyl groups excluding tert-OH is 1. The van der Waals surface area contributed by atoms with Crippen LogP contribution in [-0.2, 0) is 6.42 Å². The number of halogens is 3. The molecule has 44 heavy (non-hydrogen) atoms. The molecule has 1 atom stereocenters. The summed E-state index contributed by atoms with van der Waals surface area (Å²) in [5.41, 5.74) is 4.06. The second-order valence-corrected chi connectivity index (χ2v) is 11.1. The van der Waals surface area contributed by atoms with Gasteiger partial charge in [-0.25, -0.2) is 37.9 Å². The molecule has 228 valence electrons. The molecule has 15 heteroatoms. The Morgan fingerprint density at radius 1 is 1.16 bits per heavy atom. The lowest BCUT2D eigenvalue weighted by molar-refractivity contribution is -0.0809. The zero-order chi connectivity index (χ0) is 31.2. The number of pyridine rings is 1. The van der Waals surface area contributed by atoms with Crippen molar-refractivity contribution in [2.75, 3.05) is 31.8 Å². The quantitative estimate of drug-likeness (QED) is 0.223. The van der Waals surface area contributed by atoms with Crippen molar-refractivity contribution in [2.45, 2.75) is 25.4 Å². The van der Waals surface area contributed by atoms with Crippen molar-refractivity contribution < 1.29 is 42.4 Å². The Balaban J connectivity index is 1.26. The molecule has 0 spiro atoms. The molecular formula is C29H24F3N5O6S. The molecule has 0 saturated carbocycles. The van der Waals surface area contributed by atoms with Gasteiger partial charge in [0.25, 0.3) is 0 Å². The number of fused-ring (bicyclic) bond motifs is 4. The zero-order valence-corrected chi connectivity index (χ0v) is 24.1. The van der Waals surface area contributed by atoms with E-state index in [0.717, 1.165) is 22.2 Å². The van der Waals surface area contributed by atoms with Crippen LogP contribution in [0.1, 0.15) is 11.1 Å². The number of methoxy groups -OCH3 is 1. The molecule has 0 unspecified atom stereocenters. The average molecular weight is 628 g/mol. The van der Waals surface area contributed by atoms with E-state index in [4.69, 9.17) is 24.3 Å². The summed E-state index contributed by atoms with van der Waals surface area (Å²) in [4.78, 5) is 30.7. The number of nitrogens with zero attached hydrogens (tertiary/aromatic N) is 5. The molecule has 0 saturated heterocycles. The molecular weight excluding hydrogens is 603 g/mol. The molecule has 5 aromatic rings. The van der Waals surface area contributed by atoms with Gasteiger partial charge in [-0.15, -0.1) is 11.3 Å². The topological polar surface area (TPSA) is 140 Å². The molecule has 2 N–H and O–H groups in total. The van der Waals surface area contributed by atoms with Crippen LogP contribution in [0.15, 0.2) is 42.7 Å². The van der Waals surface area contributed by atoms with Gasteiger partial charge in [0.2, 0.25) is 11.8 Å². The summed E-state index contributed by atoms with van der Waals surface area (Å²) in [5, 5.41) is 19.2. The maximum atomic E-state index is 15.2. The Morgan fingerprint density at radius 2 is 1.98 bits per heavy atom. The Kier molecular flexibility index (Phi) is 7.59. The van der Waals surface area contributed by atoms with Crippen LogP contribution in [0.5, 0.6) is 17.5 Å². The highest BCUT2D eigenvalue weighted by Crippen LogP contribution is 2.43. The Morgan fingerprint density at radius 3 is 2.68 bits per heavy atom. The number of aromatic nitrogens is 4. The number of aryl methyl sites for hydroxylation is 1. The van der Waals surface area contributed by atoms with Crippen molar-refractivity contribution in [3.63, 3.8) is 0 Å². The van der Waals surface area contributed by atoms with E-state index < -0.39 is 37.2 Å². The normalized spacial score (nSPS) is 14.5. The van der Waals surface area contributed by atoms with Crippen molar-refractivity contribution in [2.24, 2.45) is 0 Å². The number of thiazole rings is 1. The molecule has 0 aliphatic carbocycles. The van der Waals surface area contributed by atoms with Gasteiger partial charge < -0.3 is 24.4 Å². The van der Waals surface area contributed by atoms with Gasteiger partial charge in [0, 0.05) is 29.7 Å². The fraction of sp³-hybridized carbons (Fsp3) is 0.276. The first-order chi connectivity index (χ1) is 21.0. The number of carboxylic acid groups (broad SMARTS) is 1. The summed E-state index contributed by atoms with van der Waals surface area (Å²) in [6.07, 6.45) is 0.836. The van der Waals surface area contributed by atoms with E-state index >= 15 is 4.39 Å². The van der Waals surface area contributed by atoms with Crippen LogP contribution in [0, 0.1) is 12.7 Å². The van der Waals surface area contributed by atoms with Crippen molar-refractivity contribution in [1.82, 2.24) is 19.9 Å². The first-order valence-electron chi connectivity index (χ1n) is 13.2. The van der Waals surface area contributed by atoms with Crippen molar-refractivity contribution in [3.05, 3.63) is 59.7 Å². The van der Waals surface area contributed by atoms with E-state index in [1.54, 1.807) is 0 Å². The van der Waals surface area contributed by atoms with Crippen molar-refractivity contribution >= 4 is 44.4 Å². The number of anilines is 1. The van der Waals surface area contributed by atoms with Gasteiger partial charge in [-0.05, 0) is 30.7 Å². The molecule has 3 aromatic heterocycles. The van der Waals surface area contributed by atoms with E-state index in [2.05, 4.69) is 15.0 Å². The number of alkyl halides is 2. The largest absolute Gasteiger partial charge is 0.485 e. The first-order valence-corrected chi connectivity index (χ1v) is 14.0. The number of ether oxygens (including phenoxy) is 3. The number of rotatable bonds is 9. The lowest BCUT2D eigenvalue weighted by Gasteiger charge is -2.22. The fourth-order valence-electron chi connectivity index (χ4n) is 4.89. The molecule has 1 amide bonds. The molecule has 1 aliphatic heterocycles. The highest BCUT2D eigenvalue weighted by molar-refractivity contribution is 7.22. The van der Waals surface area contributed by atoms with Crippen LogP contribution in [0.3, 0.4) is 0 Å². The van der Waals surface area contributed by atoms with Gasteiger partial charge in [-0.2, -0.15) is 0 Å². The van der Waals surface area contributed by atoms with Gasteiger partial charge in [0.05, 0.1) is 53.0 Å². The number of aliphatic hydroxyl groups is 1. The third-order valence-corrected chi connectivity index (χ3v) is 8.08. The van der Waals surface area contributed by atoms with Crippen molar-refractivity contribution in [1.29, 1.82) is 0 Å². The molecule has 0 radical (unpaired) electrons. The maximum absolute atomic E-state index is 15.2. The number of hydrogen-bond acceptors (Lipinski definition) is 10. The summed E-state index contributed by atoms with van der Waals surface area (Å²) < 4.78 is 58.5. The molecule has 1 aliphatic rings. The molecule has 4 heterocycles. The van der Waals surface area contributed by atoms with Crippen LogP contribution >= 0.6 is 11.3 Å². The molecule has 6 rings (SSSR count). The van der Waals surface area contributed by atoms with E-state index in [1.165, 1.54) is 42.8 Å². The molecule has 0 bridgehead atoms. The summed E-state index contributed by atoms with van der Waals surface area (Å²) in [5.74, 6) is -3.82. The predicted molar refractivity (Wildman–Crippen MR) is 155 cm³/mol. The van der Waals surface area contributed by atoms with Gasteiger partial charge in [-0.3, -0.25) is 4.90 Å². The van der Waals surface area contributed by atoms with Crippen LogP contribution in [-0.4, -0.2) is 75.1 Å². The van der Waals surface area contributed by atoms with Crippen molar-refractivity contribution in [3.8, 4) is 28.1 Å². The maximum Gasteiger partial charge on any atom is 0.411 e. The SMILES string of the molecule is COc1cnc2c(-c3nc4cc(F)c5c(c4s3)C[C@H](CN(C(=O)O)c3ccc(OCC(F)(F)CO)nc3)O5)cc(C)cc2n1. The Labute approximate surface area is 251 Å². The Bertz CT molecular complexity index is 1890. The summed E-state index contributed by atoms with van der Waals surface area (Å²) in [6.45, 7) is -0.715. The first kappa shape index (κ1) is 29.3. The van der Waals surface area contributed by atoms with E-state index in [0.29, 0.717) is 37.7 Å². The monoisotopic (exact) mass is 627 g/mol. The van der Waals surface area contributed by atoms with Gasteiger partial charge in [0.15, 0.2) is 18.2 Å². The number of hydrogen-bond donors (Lipinski definition) is 2. The fourth-order valence-corrected chi connectivity index (χ4v) is 6.01. The summed E-state index contributed by atoms with van der Waals surface area (Å²) >= 11 is 1.35. The number of carbonyl (C=O) groups is 1. The minimum atomic E-state index is -3.45. The molecule has 0 fully saturated rings. The zero-order valence-electron chi connectivity index (χ0n) is 23.3. The second-order valence-electron chi connectivity index (χ2n) is 10.1. The predicted octanol–water partition coefficient (Wildman–Crippen LogP) is 5.25. The van der Waals surface area contributed by atoms with Crippen LogP contribution in [0.4, 0.5) is 23.7 Å². The van der Waals surface area contributed by atoms with Crippen LogP contribution in [0.2, 0.25) is 0 Å². The van der Waals surface area contributed by atoms with Crippen LogP contribution in [0.25, 0.3) is 31.8 Å². The minimum Gasteiger partial charge on any atom is -0.485 e. The molecule has 11 nitrogen and oxygen atoms in total. The van der Waals surface area contributed by atoms with Gasteiger partial charge >= 0.3 is 12.0 Å². The third kappa shape index (κ3) is 5.63. The number of amides is 1. The average Bonchev–Trinajstić information content (AvgIpc) is 3.63. The molecule has 2 aromatic carbocycles. The lowest BCUT2D eigenvalue weighted by atomic mass is 10.1. The van der Waals surface area contributed by atoms with Gasteiger partial charge in [-0.1, -0.05) is 0 Å². The summed E-state index contributed by atoms with van der Waals surface area (Å²) in [6, 6.07) is 7.69. The van der Waals surface area contributed by atoms with E-state index in [1.807, 2.05) is 19.1 Å². The van der Waals surface area contributed by atoms with Crippen LogP contribution < -0.4 is 19.1 Å². The second kappa shape index (κ2) is 11.4. The summed E-state index contributed by atoms with van der Waals surface area (Å²) in [7, 11) is 1.51. The highest BCUT2D eigenvalue weighted by Gasteiger charge is 2.33.